The maximum atomic E-state index is 12.6. The fraction of sp³-hybridized carbons (Fsp3) is 0.300. The number of nitrogens with one attached hydrogen (secondary N) is 2. The molecule has 0 fully saturated rings. The summed E-state index contributed by atoms with van der Waals surface area (Å²) in [6.07, 6.45) is 0.939. The van der Waals surface area contributed by atoms with Gasteiger partial charge in [0.15, 0.2) is 5.78 Å². The molecule has 0 radical (unpaired) electrons. The second-order valence-corrected chi connectivity index (χ2v) is 6.40. The van der Waals surface area contributed by atoms with Crippen LogP contribution in [0.1, 0.15) is 18.1 Å². The Kier molecular flexibility index (Phi) is 6.74. The lowest BCUT2D eigenvalue weighted by atomic mass is 10.0. The molecule has 2 aromatic rings. The quantitative estimate of drug-likeness (QED) is 0.534. The van der Waals surface area contributed by atoms with Gasteiger partial charge in [-0.15, -0.1) is 0 Å². The molecule has 0 saturated carbocycles. The number of carbonyl (C=O) groups is 2. The molecule has 26 heavy (non-hydrogen) atoms. The standard InChI is InChI=1S/C20H26N4O2/c1-13(25)18(11-14-3-7-16(21)8-4-14)24-20(26)19(23-2)12-15-5-9-17(22)10-6-15/h3-10,18-19,23H,11-12,21-22H2,1-2H3,(H,24,26)/t18-,19+/m1/s1. The number of hydrogen-bond donors (Lipinski definition) is 4. The first-order chi connectivity index (χ1) is 12.4. The van der Waals surface area contributed by atoms with Crippen molar-refractivity contribution < 1.29 is 9.59 Å². The molecule has 6 nitrogen and oxygen atoms in total. The number of ketones is 1. The SMILES string of the molecule is CN[C@@H](Cc1ccc(N)cc1)C(=O)N[C@H](Cc1ccc(N)cc1)C(C)=O. The molecule has 0 aromatic heterocycles. The molecule has 2 rings (SSSR count). The van der Waals surface area contributed by atoms with Crippen molar-refractivity contribution in [3.8, 4) is 0 Å². The van der Waals surface area contributed by atoms with Gasteiger partial charge >= 0.3 is 0 Å². The van der Waals surface area contributed by atoms with Gasteiger partial charge in [-0.2, -0.15) is 0 Å². The van der Waals surface area contributed by atoms with E-state index in [2.05, 4.69) is 10.6 Å². The van der Waals surface area contributed by atoms with Gasteiger partial charge in [-0.1, -0.05) is 24.3 Å². The molecule has 138 valence electrons. The topological polar surface area (TPSA) is 110 Å². The highest BCUT2D eigenvalue weighted by Gasteiger charge is 2.23. The number of rotatable bonds is 8. The van der Waals surface area contributed by atoms with Crippen molar-refractivity contribution in [3.05, 3.63) is 59.7 Å². The van der Waals surface area contributed by atoms with Crippen molar-refractivity contribution >= 4 is 23.1 Å². The first-order valence-electron chi connectivity index (χ1n) is 8.56. The van der Waals surface area contributed by atoms with Crippen molar-refractivity contribution in [2.75, 3.05) is 18.5 Å². The van der Waals surface area contributed by atoms with Crippen LogP contribution in [0.3, 0.4) is 0 Å². The molecule has 6 heteroatoms. The number of likely N-dealkylation sites (N-methyl/N-ethyl adjacent to an activating group) is 1. The number of anilines is 2. The molecule has 1 amide bonds. The molecule has 0 aliphatic carbocycles. The van der Waals surface area contributed by atoms with Crippen LogP contribution in [0.4, 0.5) is 11.4 Å². The van der Waals surface area contributed by atoms with E-state index in [1.54, 1.807) is 31.3 Å². The van der Waals surface area contributed by atoms with Crippen LogP contribution in [-0.2, 0) is 22.4 Å². The first kappa shape index (κ1) is 19.5. The molecular formula is C20H26N4O2. The van der Waals surface area contributed by atoms with Crippen LogP contribution in [0.5, 0.6) is 0 Å². The van der Waals surface area contributed by atoms with Crippen molar-refractivity contribution in [1.82, 2.24) is 10.6 Å². The van der Waals surface area contributed by atoms with Crippen molar-refractivity contribution in [2.24, 2.45) is 0 Å². The largest absolute Gasteiger partial charge is 0.399 e. The molecule has 2 atom stereocenters. The van der Waals surface area contributed by atoms with E-state index >= 15 is 0 Å². The number of benzene rings is 2. The van der Waals surface area contributed by atoms with Crippen LogP contribution >= 0.6 is 0 Å². The highest BCUT2D eigenvalue weighted by molar-refractivity contribution is 5.90. The number of nitrogen functional groups attached to an aromatic ring is 2. The maximum absolute atomic E-state index is 12.6. The molecule has 0 spiro atoms. The van der Waals surface area contributed by atoms with E-state index in [-0.39, 0.29) is 11.7 Å². The number of carbonyl (C=O) groups excluding carboxylic acids is 2. The predicted octanol–water partition coefficient (Wildman–Crippen LogP) is 1.30. The van der Waals surface area contributed by atoms with Crippen LogP contribution in [0.2, 0.25) is 0 Å². The molecule has 0 aliphatic heterocycles. The van der Waals surface area contributed by atoms with E-state index in [0.29, 0.717) is 24.2 Å². The van der Waals surface area contributed by atoms with E-state index in [4.69, 9.17) is 11.5 Å². The number of Topliss-reactive ketones (excluding diaryl/α,β-unsaturated/α-hetero) is 1. The molecule has 0 unspecified atom stereocenters. The minimum Gasteiger partial charge on any atom is -0.399 e. The van der Waals surface area contributed by atoms with Crippen LogP contribution in [0.25, 0.3) is 0 Å². The Morgan fingerprint density at radius 3 is 1.65 bits per heavy atom. The van der Waals surface area contributed by atoms with Crippen LogP contribution < -0.4 is 22.1 Å². The third-order valence-corrected chi connectivity index (χ3v) is 4.31. The van der Waals surface area contributed by atoms with Gasteiger partial charge < -0.3 is 22.1 Å². The average molecular weight is 354 g/mol. The van der Waals surface area contributed by atoms with Gasteiger partial charge in [0.1, 0.15) is 0 Å². The third kappa shape index (κ3) is 5.60. The lowest BCUT2D eigenvalue weighted by Crippen LogP contribution is -2.50. The van der Waals surface area contributed by atoms with E-state index in [0.717, 1.165) is 11.1 Å². The zero-order chi connectivity index (χ0) is 19.1. The molecule has 0 aliphatic rings. The van der Waals surface area contributed by atoms with Gasteiger partial charge in [0.05, 0.1) is 12.1 Å². The zero-order valence-electron chi connectivity index (χ0n) is 15.2. The summed E-state index contributed by atoms with van der Waals surface area (Å²) in [6.45, 7) is 1.48. The second-order valence-electron chi connectivity index (χ2n) is 6.40. The van der Waals surface area contributed by atoms with E-state index < -0.39 is 12.1 Å². The lowest BCUT2D eigenvalue weighted by Gasteiger charge is -2.21. The summed E-state index contributed by atoms with van der Waals surface area (Å²) in [5.74, 6) is -0.294. The number of hydrogen-bond acceptors (Lipinski definition) is 5. The minimum absolute atomic E-state index is 0.0856. The van der Waals surface area contributed by atoms with E-state index in [9.17, 15) is 9.59 Å². The predicted molar refractivity (Wildman–Crippen MR) is 105 cm³/mol. The maximum Gasteiger partial charge on any atom is 0.238 e. The fourth-order valence-corrected chi connectivity index (χ4v) is 2.67. The first-order valence-corrected chi connectivity index (χ1v) is 8.56. The van der Waals surface area contributed by atoms with Gasteiger partial charge in [-0.05, 0) is 62.2 Å². The fourth-order valence-electron chi connectivity index (χ4n) is 2.67. The highest BCUT2D eigenvalue weighted by Crippen LogP contribution is 2.10. The van der Waals surface area contributed by atoms with Crippen LogP contribution in [0, 0.1) is 0 Å². The summed E-state index contributed by atoms with van der Waals surface area (Å²) in [7, 11) is 1.73. The van der Waals surface area contributed by atoms with Crippen LogP contribution in [-0.4, -0.2) is 30.8 Å². The normalized spacial score (nSPS) is 13.0. The Bertz CT molecular complexity index is 741. The Labute approximate surface area is 154 Å². The van der Waals surface area contributed by atoms with Gasteiger partial charge in [0.25, 0.3) is 0 Å². The highest BCUT2D eigenvalue weighted by atomic mass is 16.2. The second kappa shape index (κ2) is 9.01. The minimum atomic E-state index is -0.576. The summed E-state index contributed by atoms with van der Waals surface area (Å²) in [5, 5.41) is 5.86. The monoisotopic (exact) mass is 354 g/mol. The smallest absolute Gasteiger partial charge is 0.238 e. The molecule has 0 saturated heterocycles. The van der Waals surface area contributed by atoms with Gasteiger partial charge in [0, 0.05) is 11.4 Å². The average Bonchev–Trinajstić information content (AvgIpc) is 2.62. The summed E-state index contributed by atoms with van der Waals surface area (Å²) in [5.41, 5.74) is 14.7. The Morgan fingerprint density at radius 2 is 1.27 bits per heavy atom. The van der Waals surface area contributed by atoms with E-state index in [1.165, 1.54) is 6.92 Å². The molecular weight excluding hydrogens is 328 g/mol. The number of amides is 1. The Hall–Kier alpha value is -2.86. The third-order valence-electron chi connectivity index (χ3n) is 4.31. The van der Waals surface area contributed by atoms with Gasteiger partial charge in [0.2, 0.25) is 5.91 Å². The molecule has 2 aromatic carbocycles. The van der Waals surface area contributed by atoms with E-state index in [1.807, 2.05) is 24.3 Å². The summed E-state index contributed by atoms with van der Waals surface area (Å²) >= 11 is 0. The van der Waals surface area contributed by atoms with Crippen molar-refractivity contribution in [2.45, 2.75) is 31.8 Å². The summed E-state index contributed by atoms with van der Waals surface area (Å²) < 4.78 is 0. The van der Waals surface area contributed by atoms with Crippen LogP contribution in [0.15, 0.2) is 48.5 Å². The Morgan fingerprint density at radius 1 is 0.846 bits per heavy atom. The van der Waals surface area contributed by atoms with Crippen molar-refractivity contribution in [3.63, 3.8) is 0 Å². The molecule has 0 heterocycles. The lowest BCUT2D eigenvalue weighted by molar-refractivity contribution is -0.128. The van der Waals surface area contributed by atoms with Gasteiger partial charge in [-0.25, -0.2) is 0 Å². The molecule has 6 N–H and O–H groups in total. The van der Waals surface area contributed by atoms with Crippen molar-refractivity contribution in [1.29, 1.82) is 0 Å². The zero-order valence-corrected chi connectivity index (χ0v) is 15.2. The Balaban J connectivity index is 2.03. The summed E-state index contributed by atoms with van der Waals surface area (Å²) in [4.78, 5) is 24.6. The summed E-state index contributed by atoms with van der Waals surface area (Å²) in [6, 6.07) is 13.7. The molecule has 0 bridgehead atoms. The van der Waals surface area contributed by atoms with Gasteiger partial charge in [-0.3, -0.25) is 9.59 Å². The number of nitrogens with two attached hydrogens (primary N) is 2.